The second-order valence-corrected chi connectivity index (χ2v) is 7.37. The van der Waals surface area contributed by atoms with Gasteiger partial charge in [0, 0.05) is 6.54 Å². The van der Waals surface area contributed by atoms with Crippen LogP contribution < -0.4 is 24.4 Å². The number of carbonyl (C=O) groups excluding carboxylic acids is 2. The topological polar surface area (TPSA) is 77.1 Å². The first-order valence-corrected chi connectivity index (χ1v) is 10.4. The summed E-state index contributed by atoms with van der Waals surface area (Å²) in [5.74, 6) is 1.45. The minimum Gasteiger partial charge on any atom is -0.497 e. The lowest BCUT2D eigenvalue weighted by atomic mass is 10.1. The van der Waals surface area contributed by atoms with Crippen molar-refractivity contribution in [3.8, 4) is 17.2 Å². The predicted octanol–water partition coefficient (Wildman–Crippen LogP) is 3.79. The molecule has 1 N–H and O–H groups in total. The molecule has 0 saturated carbocycles. The summed E-state index contributed by atoms with van der Waals surface area (Å²) in [6.45, 7) is 0.215. The van der Waals surface area contributed by atoms with Crippen LogP contribution in [0.3, 0.4) is 0 Å². The summed E-state index contributed by atoms with van der Waals surface area (Å²) in [5, 5.41) is 2.86. The van der Waals surface area contributed by atoms with Crippen molar-refractivity contribution >= 4 is 23.6 Å². The first-order valence-electron chi connectivity index (χ1n) is 10.4. The Morgan fingerprint density at radius 3 is 2.24 bits per heavy atom. The highest BCUT2D eigenvalue weighted by atomic mass is 16.5. The number of methoxy groups -OCH3 is 2. The summed E-state index contributed by atoms with van der Waals surface area (Å²) in [6.07, 6.45) is 1.65. The standard InChI is InChI=1S/C26H24N2O5/c1-31-20-11-7-18(8-12-20)15-24-26(30)28(22-5-3-4-6-23(22)33-24)17-25(29)27-16-19-9-13-21(32-2)14-10-19/h3-15H,16-17H2,1-2H3,(H,27,29)/b24-15-. The number of nitrogens with one attached hydrogen (secondary N) is 1. The molecule has 7 heteroatoms. The Balaban J connectivity index is 1.50. The van der Waals surface area contributed by atoms with Crippen molar-refractivity contribution in [2.75, 3.05) is 25.7 Å². The van der Waals surface area contributed by atoms with E-state index in [1.807, 2.05) is 42.5 Å². The molecule has 4 rings (SSSR count). The van der Waals surface area contributed by atoms with E-state index < -0.39 is 0 Å². The van der Waals surface area contributed by atoms with Crippen LogP contribution in [-0.2, 0) is 16.1 Å². The van der Waals surface area contributed by atoms with Gasteiger partial charge in [-0.25, -0.2) is 0 Å². The third-order valence-corrected chi connectivity index (χ3v) is 5.20. The molecule has 1 heterocycles. The molecule has 0 saturated heterocycles. The predicted molar refractivity (Wildman–Crippen MR) is 125 cm³/mol. The molecule has 0 radical (unpaired) electrons. The Kier molecular flexibility index (Phi) is 6.59. The van der Waals surface area contributed by atoms with Crippen LogP contribution in [0.1, 0.15) is 11.1 Å². The molecule has 1 aliphatic heterocycles. The van der Waals surface area contributed by atoms with Crippen LogP contribution in [0, 0.1) is 0 Å². The minimum atomic E-state index is -0.385. The fourth-order valence-corrected chi connectivity index (χ4v) is 3.41. The van der Waals surface area contributed by atoms with Crippen molar-refractivity contribution < 1.29 is 23.8 Å². The molecule has 0 fully saturated rings. The number of carbonyl (C=O) groups is 2. The molecular weight excluding hydrogens is 420 g/mol. The Morgan fingerprint density at radius 2 is 1.58 bits per heavy atom. The Morgan fingerprint density at radius 1 is 0.939 bits per heavy atom. The summed E-state index contributed by atoms with van der Waals surface area (Å²) >= 11 is 0. The quantitative estimate of drug-likeness (QED) is 0.561. The van der Waals surface area contributed by atoms with Gasteiger partial charge in [0.25, 0.3) is 5.91 Å². The van der Waals surface area contributed by atoms with E-state index in [2.05, 4.69) is 5.32 Å². The molecule has 3 aromatic carbocycles. The number of anilines is 1. The highest BCUT2D eigenvalue weighted by Crippen LogP contribution is 2.35. The summed E-state index contributed by atoms with van der Waals surface area (Å²) in [6, 6.07) is 21.8. The number of para-hydroxylation sites is 2. The largest absolute Gasteiger partial charge is 0.497 e. The first kappa shape index (κ1) is 22.0. The molecule has 0 spiro atoms. The highest BCUT2D eigenvalue weighted by Gasteiger charge is 2.31. The van der Waals surface area contributed by atoms with Gasteiger partial charge in [-0.15, -0.1) is 0 Å². The molecule has 33 heavy (non-hydrogen) atoms. The molecule has 7 nitrogen and oxygen atoms in total. The molecule has 0 atom stereocenters. The van der Waals surface area contributed by atoms with Crippen LogP contribution in [0.2, 0.25) is 0 Å². The van der Waals surface area contributed by atoms with Crippen LogP contribution in [0.25, 0.3) is 6.08 Å². The van der Waals surface area contributed by atoms with Gasteiger partial charge in [-0.3, -0.25) is 14.5 Å². The average Bonchev–Trinajstić information content (AvgIpc) is 2.86. The maximum atomic E-state index is 13.2. The average molecular weight is 444 g/mol. The van der Waals surface area contributed by atoms with Gasteiger partial charge in [-0.1, -0.05) is 36.4 Å². The van der Waals surface area contributed by atoms with Crippen molar-refractivity contribution in [2.24, 2.45) is 0 Å². The Hall–Kier alpha value is -4.26. The van der Waals surface area contributed by atoms with E-state index in [0.717, 1.165) is 16.9 Å². The first-order chi connectivity index (χ1) is 16.1. The van der Waals surface area contributed by atoms with Crippen LogP contribution >= 0.6 is 0 Å². The number of fused-ring (bicyclic) bond motifs is 1. The van der Waals surface area contributed by atoms with Crippen molar-refractivity contribution in [1.29, 1.82) is 0 Å². The number of amides is 2. The lowest BCUT2D eigenvalue weighted by Gasteiger charge is -2.30. The number of rotatable bonds is 7. The van der Waals surface area contributed by atoms with E-state index in [1.165, 1.54) is 4.90 Å². The maximum absolute atomic E-state index is 13.2. The molecule has 0 unspecified atom stereocenters. The summed E-state index contributed by atoms with van der Waals surface area (Å²) in [4.78, 5) is 27.3. The number of hydrogen-bond acceptors (Lipinski definition) is 5. The van der Waals surface area contributed by atoms with Gasteiger partial charge >= 0.3 is 0 Å². The molecule has 1 aliphatic rings. The zero-order valence-electron chi connectivity index (χ0n) is 18.4. The zero-order valence-corrected chi connectivity index (χ0v) is 18.4. The summed E-state index contributed by atoms with van der Waals surface area (Å²) < 4.78 is 16.2. The van der Waals surface area contributed by atoms with Gasteiger partial charge in [0.05, 0.1) is 19.9 Å². The van der Waals surface area contributed by atoms with Gasteiger partial charge in [0.2, 0.25) is 5.91 Å². The van der Waals surface area contributed by atoms with Gasteiger partial charge in [0.1, 0.15) is 18.0 Å². The lowest BCUT2D eigenvalue weighted by molar-refractivity contribution is -0.123. The lowest BCUT2D eigenvalue weighted by Crippen LogP contribution is -2.44. The van der Waals surface area contributed by atoms with Gasteiger partial charge < -0.3 is 19.5 Å². The fraction of sp³-hybridized carbons (Fsp3) is 0.154. The molecule has 0 aliphatic carbocycles. The van der Waals surface area contributed by atoms with Gasteiger partial charge in [-0.05, 0) is 53.6 Å². The Bertz CT molecular complexity index is 1170. The number of hydrogen-bond donors (Lipinski definition) is 1. The van der Waals surface area contributed by atoms with E-state index >= 15 is 0 Å². The second kappa shape index (κ2) is 9.91. The van der Waals surface area contributed by atoms with Gasteiger partial charge in [-0.2, -0.15) is 0 Å². The van der Waals surface area contributed by atoms with Crippen molar-refractivity contribution in [2.45, 2.75) is 6.54 Å². The molecule has 168 valence electrons. The van der Waals surface area contributed by atoms with Crippen molar-refractivity contribution in [3.63, 3.8) is 0 Å². The van der Waals surface area contributed by atoms with Crippen LogP contribution in [0.15, 0.2) is 78.6 Å². The summed E-state index contributed by atoms with van der Waals surface area (Å²) in [5.41, 5.74) is 2.26. The normalized spacial score (nSPS) is 13.8. The molecular formula is C26H24N2O5. The number of benzene rings is 3. The van der Waals surface area contributed by atoms with E-state index in [4.69, 9.17) is 14.2 Å². The van der Waals surface area contributed by atoms with Crippen LogP contribution in [0.5, 0.6) is 17.2 Å². The third-order valence-electron chi connectivity index (χ3n) is 5.20. The van der Waals surface area contributed by atoms with E-state index in [1.54, 1.807) is 50.6 Å². The molecule has 2 amide bonds. The smallest absolute Gasteiger partial charge is 0.294 e. The maximum Gasteiger partial charge on any atom is 0.294 e. The SMILES string of the molecule is COc1ccc(/C=C2\Oc3ccccc3N(CC(=O)NCc3ccc(OC)cc3)C2=O)cc1. The van der Waals surface area contributed by atoms with E-state index in [0.29, 0.717) is 23.7 Å². The number of ether oxygens (including phenoxy) is 3. The molecule has 0 aromatic heterocycles. The van der Waals surface area contributed by atoms with Crippen LogP contribution in [0.4, 0.5) is 5.69 Å². The molecule has 3 aromatic rings. The second-order valence-electron chi connectivity index (χ2n) is 7.37. The highest BCUT2D eigenvalue weighted by molar-refractivity contribution is 6.12. The Labute approximate surface area is 192 Å². The minimum absolute atomic E-state index is 0.130. The van der Waals surface area contributed by atoms with Crippen molar-refractivity contribution in [1.82, 2.24) is 5.32 Å². The fourth-order valence-electron chi connectivity index (χ4n) is 3.41. The van der Waals surface area contributed by atoms with Gasteiger partial charge in [0.15, 0.2) is 11.5 Å². The molecule has 0 bridgehead atoms. The third kappa shape index (κ3) is 5.15. The monoisotopic (exact) mass is 444 g/mol. The van der Waals surface area contributed by atoms with Crippen LogP contribution in [-0.4, -0.2) is 32.6 Å². The van der Waals surface area contributed by atoms with E-state index in [-0.39, 0.29) is 24.1 Å². The zero-order chi connectivity index (χ0) is 23.2. The van der Waals surface area contributed by atoms with E-state index in [9.17, 15) is 9.59 Å². The summed E-state index contributed by atoms with van der Waals surface area (Å²) in [7, 11) is 3.20. The van der Waals surface area contributed by atoms with Crippen molar-refractivity contribution in [3.05, 3.63) is 89.7 Å². The number of nitrogens with zero attached hydrogens (tertiary/aromatic N) is 1.